The van der Waals surface area contributed by atoms with E-state index in [1.165, 1.54) is 18.2 Å². The maximum atomic E-state index is 12.0. The van der Waals surface area contributed by atoms with E-state index in [4.69, 9.17) is 11.6 Å². The SMILES string of the molecule is O=C(CNS(=O)(=O)c1cccc(Cl)c1)NCc1ccncc1. The minimum Gasteiger partial charge on any atom is -0.351 e. The van der Waals surface area contributed by atoms with Gasteiger partial charge in [-0.3, -0.25) is 9.78 Å². The van der Waals surface area contributed by atoms with Crippen LogP contribution in [0.4, 0.5) is 0 Å². The number of aromatic nitrogens is 1. The molecule has 0 aliphatic heterocycles. The molecule has 1 aromatic heterocycles. The van der Waals surface area contributed by atoms with Crippen molar-refractivity contribution in [3.63, 3.8) is 0 Å². The first kappa shape index (κ1) is 16.4. The lowest BCUT2D eigenvalue weighted by Gasteiger charge is -2.08. The van der Waals surface area contributed by atoms with Gasteiger partial charge in [-0.05, 0) is 35.9 Å². The summed E-state index contributed by atoms with van der Waals surface area (Å²) in [5.74, 6) is -0.428. The Hall–Kier alpha value is -1.96. The molecule has 0 atom stereocenters. The number of carbonyl (C=O) groups is 1. The van der Waals surface area contributed by atoms with Gasteiger partial charge in [0.05, 0.1) is 11.4 Å². The second kappa shape index (κ2) is 7.35. The summed E-state index contributed by atoms with van der Waals surface area (Å²) in [6.45, 7) is -0.0415. The van der Waals surface area contributed by atoms with Gasteiger partial charge in [-0.15, -0.1) is 0 Å². The first-order chi connectivity index (χ1) is 10.5. The van der Waals surface area contributed by atoms with Crippen LogP contribution in [0.2, 0.25) is 5.02 Å². The maximum absolute atomic E-state index is 12.0. The average Bonchev–Trinajstić information content (AvgIpc) is 2.52. The molecule has 22 heavy (non-hydrogen) atoms. The summed E-state index contributed by atoms with van der Waals surface area (Å²) in [5, 5.41) is 2.92. The summed E-state index contributed by atoms with van der Waals surface area (Å²) in [6.07, 6.45) is 3.23. The first-order valence-corrected chi connectivity index (χ1v) is 8.24. The molecule has 2 rings (SSSR count). The van der Waals surface area contributed by atoms with Crippen LogP contribution in [0.3, 0.4) is 0 Å². The quantitative estimate of drug-likeness (QED) is 0.831. The molecule has 0 spiro atoms. The maximum Gasteiger partial charge on any atom is 0.241 e. The van der Waals surface area contributed by atoms with E-state index in [9.17, 15) is 13.2 Å². The second-order valence-corrected chi connectivity index (χ2v) is 6.62. The van der Waals surface area contributed by atoms with E-state index in [0.29, 0.717) is 11.6 Å². The Kier molecular flexibility index (Phi) is 5.48. The van der Waals surface area contributed by atoms with Crippen LogP contribution in [0.5, 0.6) is 0 Å². The molecule has 0 fully saturated rings. The average molecular weight is 340 g/mol. The van der Waals surface area contributed by atoms with Gasteiger partial charge in [-0.1, -0.05) is 17.7 Å². The third kappa shape index (κ3) is 4.80. The van der Waals surface area contributed by atoms with Gasteiger partial charge in [0, 0.05) is 24.0 Å². The van der Waals surface area contributed by atoms with Crippen molar-refractivity contribution in [1.82, 2.24) is 15.0 Å². The molecule has 2 aromatic rings. The third-order valence-corrected chi connectivity index (χ3v) is 4.40. The number of halogens is 1. The molecule has 116 valence electrons. The lowest BCUT2D eigenvalue weighted by molar-refractivity contribution is -0.120. The highest BCUT2D eigenvalue weighted by molar-refractivity contribution is 7.89. The number of rotatable bonds is 6. The van der Waals surface area contributed by atoms with E-state index < -0.39 is 15.9 Å². The van der Waals surface area contributed by atoms with Gasteiger partial charge in [-0.2, -0.15) is 0 Å². The second-order valence-electron chi connectivity index (χ2n) is 4.41. The van der Waals surface area contributed by atoms with Gasteiger partial charge < -0.3 is 5.32 Å². The molecular formula is C14H14ClN3O3S. The smallest absolute Gasteiger partial charge is 0.241 e. The van der Waals surface area contributed by atoms with Crippen molar-refractivity contribution >= 4 is 27.5 Å². The van der Waals surface area contributed by atoms with Crippen molar-refractivity contribution in [2.75, 3.05) is 6.54 Å². The fraction of sp³-hybridized carbons (Fsp3) is 0.143. The van der Waals surface area contributed by atoms with Crippen molar-refractivity contribution in [3.8, 4) is 0 Å². The van der Waals surface area contributed by atoms with E-state index in [0.717, 1.165) is 5.56 Å². The van der Waals surface area contributed by atoms with Crippen molar-refractivity contribution < 1.29 is 13.2 Å². The molecule has 0 aliphatic rings. The number of hydrogen-bond acceptors (Lipinski definition) is 4. The Morgan fingerprint density at radius 2 is 1.91 bits per heavy atom. The van der Waals surface area contributed by atoms with Crippen LogP contribution in [0.25, 0.3) is 0 Å². The van der Waals surface area contributed by atoms with E-state index in [1.54, 1.807) is 30.6 Å². The van der Waals surface area contributed by atoms with E-state index >= 15 is 0 Å². The molecule has 1 aromatic carbocycles. The number of amides is 1. The molecule has 0 saturated carbocycles. The fourth-order valence-corrected chi connectivity index (χ4v) is 2.92. The van der Waals surface area contributed by atoms with Gasteiger partial charge in [0.1, 0.15) is 0 Å². The minimum absolute atomic E-state index is 0.0157. The Bertz CT molecular complexity index is 751. The van der Waals surface area contributed by atoms with Gasteiger partial charge >= 0.3 is 0 Å². The van der Waals surface area contributed by atoms with Crippen molar-refractivity contribution in [2.45, 2.75) is 11.4 Å². The molecule has 2 N–H and O–H groups in total. The van der Waals surface area contributed by atoms with Crippen LogP contribution in [-0.4, -0.2) is 25.9 Å². The summed E-state index contributed by atoms with van der Waals surface area (Å²) in [7, 11) is -3.77. The van der Waals surface area contributed by atoms with Gasteiger partial charge in [-0.25, -0.2) is 13.1 Å². The number of pyridine rings is 1. The highest BCUT2D eigenvalue weighted by atomic mass is 35.5. The summed E-state index contributed by atoms with van der Waals surface area (Å²) in [5.41, 5.74) is 0.876. The van der Waals surface area contributed by atoms with Crippen molar-refractivity contribution in [1.29, 1.82) is 0 Å². The Balaban J connectivity index is 1.88. The summed E-state index contributed by atoms with van der Waals surface area (Å²) in [6, 6.07) is 9.34. The predicted octanol–water partition coefficient (Wildman–Crippen LogP) is 1.33. The molecule has 0 radical (unpaired) electrons. The van der Waals surface area contributed by atoms with Crippen molar-refractivity contribution in [2.24, 2.45) is 0 Å². The summed E-state index contributed by atoms with van der Waals surface area (Å²) in [4.78, 5) is 15.6. The van der Waals surface area contributed by atoms with Crippen LogP contribution in [0.15, 0.2) is 53.7 Å². The molecule has 6 nitrogen and oxygen atoms in total. The first-order valence-electron chi connectivity index (χ1n) is 6.38. The van der Waals surface area contributed by atoms with Crippen LogP contribution in [-0.2, 0) is 21.4 Å². The molecule has 0 unspecified atom stereocenters. The number of hydrogen-bond donors (Lipinski definition) is 2. The van der Waals surface area contributed by atoms with Crippen LogP contribution in [0, 0.1) is 0 Å². The predicted molar refractivity (Wildman–Crippen MR) is 82.7 cm³/mol. The van der Waals surface area contributed by atoms with Crippen LogP contribution < -0.4 is 10.0 Å². The lowest BCUT2D eigenvalue weighted by atomic mass is 10.3. The number of nitrogens with zero attached hydrogens (tertiary/aromatic N) is 1. The van der Waals surface area contributed by atoms with E-state index in [2.05, 4.69) is 15.0 Å². The lowest BCUT2D eigenvalue weighted by Crippen LogP contribution is -2.36. The number of nitrogens with one attached hydrogen (secondary N) is 2. The molecule has 8 heteroatoms. The number of benzene rings is 1. The molecular weight excluding hydrogens is 326 g/mol. The molecule has 0 saturated heterocycles. The summed E-state index contributed by atoms with van der Waals surface area (Å²) < 4.78 is 26.2. The van der Waals surface area contributed by atoms with Gasteiger partial charge in [0.15, 0.2) is 0 Å². The molecule has 0 bridgehead atoms. The van der Waals surface area contributed by atoms with Gasteiger partial charge in [0.25, 0.3) is 0 Å². The normalized spacial score (nSPS) is 11.1. The monoisotopic (exact) mass is 339 g/mol. The minimum atomic E-state index is -3.77. The van der Waals surface area contributed by atoms with Crippen LogP contribution >= 0.6 is 11.6 Å². The van der Waals surface area contributed by atoms with E-state index in [-0.39, 0.29) is 11.4 Å². The Labute approximate surface area is 133 Å². The van der Waals surface area contributed by atoms with E-state index in [1.807, 2.05) is 0 Å². The highest BCUT2D eigenvalue weighted by Gasteiger charge is 2.15. The number of sulfonamides is 1. The highest BCUT2D eigenvalue weighted by Crippen LogP contribution is 2.14. The largest absolute Gasteiger partial charge is 0.351 e. The van der Waals surface area contributed by atoms with Crippen molar-refractivity contribution in [3.05, 3.63) is 59.4 Å². The number of carbonyl (C=O) groups excluding carboxylic acids is 1. The fourth-order valence-electron chi connectivity index (χ4n) is 1.64. The zero-order valence-corrected chi connectivity index (χ0v) is 13.1. The standard InChI is InChI=1S/C14H14ClN3O3S/c15-12-2-1-3-13(8-12)22(20,21)18-10-14(19)17-9-11-4-6-16-7-5-11/h1-8,18H,9-10H2,(H,17,19). The van der Waals surface area contributed by atoms with Crippen LogP contribution in [0.1, 0.15) is 5.56 Å². The zero-order chi connectivity index (χ0) is 16.0. The zero-order valence-electron chi connectivity index (χ0n) is 11.5. The molecule has 1 heterocycles. The third-order valence-electron chi connectivity index (χ3n) is 2.77. The van der Waals surface area contributed by atoms with Gasteiger partial charge in [0.2, 0.25) is 15.9 Å². The summed E-state index contributed by atoms with van der Waals surface area (Å²) >= 11 is 5.75. The molecule has 0 aliphatic carbocycles. The Morgan fingerprint density at radius 1 is 1.18 bits per heavy atom. The molecule has 1 amide bonds. The topological polar surface area (TPSA) is 88.2 Å². The Morgan fingerprint density at radius 3 is 2.59 bits per heavy atom.